The number of nitrogens with one attached hydrogen (secondary N) is 1. The van der Waals surface area contributed by atoms with Crippen LogP contribution in [0.25, 0.3) is 0 Å². The van der Waals surface area contributed by atoms with E-state index in [1.807, 2.05) is 6.92 Å². The molecule has 1 aromatic heterocycles. The van der Waals surface area contributed by atoms with Crippen molar-refractivity contribution in [1.29, 1.82) is 0 Å². The summed E-state index contributed by atoms with van der Waals surface area (Å²) < 4.78 is 0.988. The smallest absolute Gasteiger partial charge is 0.140 e. The first-order valence-electron chi connectivity index (χ1n) is 5.33. The van der Waals surface area contributed by atoms with Gasteiger partial charge in [-0.25, -0.2) is 4.98 Å². The Hall–Kier alpha value is -0.770. The number of rotatable bonds is 3. The molecule has 0 spiro atoms. The molecule has 0 amide bonds. The molecule has 82 valence electrons. The molecule has 1 heterocycles. The normalized spacial score (nSPS) is 16.1. The number of hydrogen-bond acceptors (Lipinski definition) is 3. The topological polar surface area (TPSA) is 50.9 Å². The molecule has 1 aliphatic rings. The van der Waals surface area contributed by atoms with Crippen molar-refractivity contribution in [3.05, 3.63) is 16.2 Å². The van der Waals surface area contributed by atoms with Gasteiger partial charge in [0.2, 0.25) is 0 Å². The molecule has 15 heavy (non-hydrogen) atoms. The van der Waals surface area contributed by atoms with Gasteiger partial charge in [-0.05, 0) is 47.2 Å². The lowest BCUT2D eigenvalue weighted by Crippen LogP contribution is -2.21. The maximum Gasteiger partial charge on any atom is 0.140 e. The zero-order chi connectivity index (χ0) is 10.8. The van der Waals surface area contributed by atoms with Crippen LogP contribution in [-0.2, 0) is 0 Å². The number of hydrogen-bond donors (Lipinski definition) is 2. The van der Waals surface area contributed by atoms with Gasteiger partial charge < -0.3 is 11.1 Å². The van der Waals surface area contributed by atoms with Gasteiger partial charge in [0.05, 0.1) is 16.4 Å². The van der Waals surface area contributed by atoms with Crippen molar-refractivity contribution >= 4 is 27.4 Å². The molecule has 2 rings (SSSR count). The predicted molar refractivity (Wildman–Crippen MR) is 66.9 cm³/mol. The summed E-state index contributed by atoms with van der Waals surface area (Å²) in [5.74, 6) is 1.74. The fraction of sp³-hybridized carbons (Fsp3) is 0.545. The summed E-state index contributed by atoms with van der Waals surface area (Å²) in [5.41, 5.74) is 7.55. The fourth-order valence-electron chi connectivity index (χ4n) is 1.65. The van der Waals surface area contributed by atoms with Crippen LogP contribution in [0.15, 0.2) is 10.7 Å². The Morgan fingerprint density at radius 3 is 2.93 bits per heavy atom. The third kappa shape index (κ3) is 2.25. The van der Waals surface area contributed by atoms with Crippen molar-refractivity contribution in [2.45, 2.75) is 26.2 Å². The van der Waals surface area contributed by atoms with Crippen LogP contribution in [-0.4, -0.2) is 11.5 Å². The molecule has 1 fully saturated rings. The molecular formula is C11H16BrN3. The molecule has 3 nitrogen and oxygen atoms in total. The first-order chi connectivity index (χ1) is 7.18. The van der Waals surface area contributed by atoms with E-state index in [2.05, 4.69) is 26.2 Å². The third-order valence-electron chi connectivity index (χ3n) is 3.09. The molecule has 0 atom stereocenters. The van der Waals surface area contributed by atoms with Crippen molar-refractivity contribution < 1.29 is 0 Å². The van der Waals surface area contributed by atoms with E-state index in [1.165, 1.54) is 19.3 Å². The SMILES string of the molecule is Cc1c(N)cnc(NCC2CCC2)c1Br. The van der Waals surface area contributed by atoms with E-state index in [0.29, 0.717) is 0 Å². The number of anilines is 2. The second-order valence-corrected chi connectivity index (χ2v) is 4.97. The van der Waals surface area contributed by atoms with Crippen LogP contribution in [0.3, 0.4) is 0 Å². The van der Waals surface area contributed by atoms with Crippen molar-refractivity contribution in [2.75, 3.05) is 17.6 Å². The van der Waals surface area contributed by atoms with Gasteiger partial charge in [0, 0.05) is 6.54 Å². The van der Waals surface area contributed by atoms with Crippen LogP contribution in [0.4, 0.5) is 11.5 Å². The summed E-state index contributed by atoms with van der Waals surface area (Å²) in [5, 5.41) is 3.37. The average Bonchev–Trinajstić information content (AvgIpc) is 2.15. The molecule has 0 radical (unpaired) electrons. The molecule has 0 aliphatic heterocycles. The minimum atomic E-state index is 0.732. The van der Waals surface area contributed by atoms with E-state index in [9.17, 15) is 0 Å². The molecule has 1 aromatic rings. The second kappa shape index (κ2) is 4.39. The summed E-state index contributed by atoms with van der Waals surface area (Å²) in [4.78, 5) is 4.29. The summed E-state index contributed by atoms with van der Waals surface area (Å²) in [6.45, 7) is 3.02. The minimum absolute atomic E-state index is 0.732. The average molecular weight is 270 g/mol. The Balaban J connectivity index is 2.04. The Labute approximate surface area is 98.6 Å². The van der Waals surface area contributed by atoms with E-state index in [1.54, 1.807) is 6.20 Å². The fourth-order valence-corrected chi connectivity index (χ4v) is 2.12. The van der Waals surface area contributed by atoms with Gasteiger partial charge in [-0.1, -0.05) is 6.42 Å². The molecule has 0 unspecified atom stereocenters. The molecule has 0 bridgehead atoms. The van der Waals surface area contributed by atoms with Crippen molar-refractivity contribution in [1.82, 2.24) is 4.98 Å². The maximum absolute atomic E-state index is 5.76. The standard InChI is InChI=1S/C11H16BrN3/c1-7-9(13)6-15-11(10(7)12)14-5-8-3-2-4-8/h6,8H,2-5,13H2,1H3,(H,14,15). The van der Waals surface area contributed by atoms with Gasteiger partial charge in [-0.2, -0.15) is 0 Å². The summed E-state index contributed by atoms with van der Waals surface area (Å²) >= 11 is 3.52. The molecular weight excluding hydrogens is 254 g/mol. The van der Waals surface area contributed by atoms with E-state index < -0.39 is 0 Å². The Morgan fingerprint density at radius 1 is 1.60 bits per heavy atom. The number of pyridine rings is 1. The number of nitrogen functional groups attached to an aromatic ring is 1. The van der Waals surface area contributed by atoms with Crippen LogP contribution < -0.4 is 11.1 Å². The number of nitrogens with two attached hydrogens (primary N) is 1. The molecule has 4 heteroatoms. The molecule has 1 aliphatic carbocycles. The van der Waals surface area contributed by atoms with E-state index in [4.69, 9.17) is 5.73 Å². The highest BCUT2D eigenvalue weighted by molar-refractivity contribution is 9.10. The zero-order valence-electron chi connectivity index (χ0n) is 8.89. The lowest BCUT2D eigenvalue weighted by atomic mass is 9.85. The van der Waals surface area contributed by atoms with E-state index >= 15 is 0 Å². The van der Waals surface area contributed by atoms with Gasteiger partial charge in [-0.3, -0.25) is 0 Å². The quantitative estimate of drug-likeness (QED) is 0.887. The van der Waals surface area contributed by atoms with Crippen LogP contribution in [0, 0.1) is 12.8 Å². The first kappa shape index (κ1) is 10.7. The molecule has 0 saturated heterocycles. The van der Waals surface area contributed by atoms with Crippen LogP contribution in [0.1, 0.15) is 24.8 Å². The monoisotopic (exact) mass is 269 g/mol. The Bertz CT molecular complexity index is 361. The highest BCUT2D eigenvalue weighted by Crippen LogP contribution is 2.30. The Kier molecular flexibility index (Phi) is 3.14. The zero-order valence-corrected chi connectivity index (χ0v) is 10.5. The van der Waals surface area contributed by atoms with Crippen molar-refractivity contribution in [3.63, 3.8) is 0 Å². The van der Waals surface area contributed by atoms with Gasteiger partial charge >= 0.3 is 0 Å². The highest BCUT2D eigenvalue weighted by Gasteiger charge is 2.17. The highest BCUT2D eigenvalue weighted by atomic mass is 79.9. The van der Waals surface area contributed by atoms with E-state index in [-0.39, 0.29) is 0 Å². The number of aromatic nitrogens is 1. The minimum Gasteiger partial charge on any atom is -0.397 e. The van der Waals surface area contributed by atoms with Crippen LogP contribution in [0.2, 0.25) is 0 Å². The van der Waals surface area contributed by atoms with Gasteiger partial charge in [-0.15, -0.1) is 0 Å². The Morgan fingerprint density at radius 2 is 2.33 bits per heavy atom. The molecule has 0 aromatic carbocycles. The lowest BCUT2D eigenvalue weighted by Gasteiger charge is -2.26. The van der Waals surface area contributed by atoms with Crippen LogP contribution >= 0.6 is 15.9 Å². The van der Waals surface area contributed by atoms with Gasteiger partial charge in [0.25, 0.3) is 0 Å². The van der Waals surface area contributed by atoms with Crippen molar-refractivity contribution in [2.24, 2.45) is 5.92 Å². The summed E-state index contributed by atoms with van der Waals surface area (Å²) in [6.07, 6.45) is 5.78. The number of halogens is 1. The van der Waals surface area contributed by atoms with Gasteiger partial charge in [0.15, 0.2) is 0 Å². The molecule has 1 saturated carbocycles. The first-order valence-corrected chi connectivity index (χ1v) is 6.12. The van der Waals surface area contributed by atoms with Crippen molar-refractivity contribution in [3.8, 4) is 0 Å². The largest absolute Gasteiger partial charge is 0.397 e. The molecule has 3 N–H and O–H groups in total. The number of nitrogens with zero attached hydrogens (tertiary/aromatic N) is 1. The predicted octanol–water partition coefficient (Wildman–Crippen LogP) is 2.95. The second-order valence-electron chi connectivity index (χ2n) is 4.18. The van der Waals surface area contributed by atoms with E-state index in [0.717, 1.165) is 34.0 Å². The summed E-state index contributed by atoms with van der Waals surface area (Å²) in [6, 6.07) is 0. The maximum atomic E-state index is 5.76. The van der Waals surface area contributed by atoms with Gasteiger partial charge in [0.1, 0.15) is 5.82 Å². The third-order valence-corrected chi connectivity index (χ3v) is 4.06. The van der Waals surface area contributed by atoms with Crippen LogP contribution in [0.5, 0.6) is 0 Å². The summed E-state index contributed by atoms with van der Waals surface area (Å²) in [7, 11) is 0. The lowest BCUT2D eigenvalue weighted by molar-refractivity contribution is 0.333.